The van der Waals surface area contributed by atoms with E-state index in [4.69, 9.17) is 4.98 Å². The molecule has 0 amide bonds. The van der Waals surface area contributed by atoms with Crippen LogP contribution in [0, 0.1) is 0 Å². The molecule has 6 rings (SSSR count). The highest BCUT2D eigenvalue weighted by atomic mass is 14.7. The summed E-state index contributed by atoms with van der Waals surface area (Å²) in [6.07, 6.45) is 5.68. The Hall–Kier alpha value is -2.93. The summed E-state index contributed by atoms with van der Waals surface area (Å²) in [6.45, 7) is 9.46. The predicted octanol–water partition coefficient (Wildman–Crippen LogP) is 7.36. The molecule has 31 heavy (non-hydrogen) atoms. The SMILES string of the molecule is CC1(C)c2ccccc2C(C)(C)c2cc(-c3ncc4c5c(cccc35)CCC4)ccc21. The molecule has 2 aliphatic carbocycles. The minimum Gasteiger partial charge on any atom is -0.255 e. The van der Waals surface area contributed by atoms with Crippen LogP contribution in [0.5, 0.6) is 0 Å². The van der Waals surface area contributed by atoms with Gasteiger partial charge in [-0.3, -0.25) is 4.98 Å². The van der Waals surface area contributed by atoms with E-state index in [1.807, 2.05) is 0 Å². The van der Waals surface area contributed by atoms with Crippen LogP contribution in [0.4, 0.5) is 0 Å². The Bertz CT molecular complexity index is 1350. The fraction of sp³-hybridized carbons (Fsp3) is 0.300. The van der Waals surface area contributed by atoms with Gasteiger partial charge in [0.05, 0.1) is 5.69 Å². The molecular weight excluding hydrogens is 374 g/mol. The van der Waals surface area contributed by atoms with E-state index in [1.165, 1.54) is 62.6 Å². The summed E-state index contributed by atoms with van der Waals surface area (Å²) >= 11 is 0. The number of rotatable bonds is 1. The molecule has 0 N–H and O–H groups in total. The summed E-state index contributed by atoms with van der Waals surface area (Å²) in [5.74, 6) is 0. The van der Waals surface area contributed by atoms with Crippen molar-refractivity contribution in [2.24, 2.45) is 0 Å². The number of fused-ring (bicyclic) bond motifs is 2. The van der Waals surface area contributed by atoms with Crippen LogP contribution in [0.2, 0.25) is 0 Å². The second kappa shape index (κ2) is 6.29. The summed E-state index contributed by atoms with van der Waals surface area (Å²) in [5.41, 5.74) is 10.9. The number of benzene rings is 3. The normalized spacial score (nSPS) is 17.8. The second-order valence-electron chi connectivity index (χ2n) is 10.4. The van der Waals surface area contributed by atoms with Gasteiger partial charge in [0.2, 0.25) is 0 Å². The van der Waals surface area contributed by atoms with Gasteiger partial charge in [-0.2, -0.15) is 0 Å². The van der Waals surface area contributed by atoms with E-state index >= 15 is 0 Å². The fourth-order valence-corrected chi connectivity index (χ4v) is 6.17. The summed E-state index contributed by atoms with van der Waals surface area (Å²) in [6, 6.07) is 22.8. The molecule has 0 fully saturated rings. The van der Waals surface area contributed by atoms with Crippen LogP contribution in [0.25, 0.3) is 22.0 Å². The lowest BCUT2D eigenvalue weighted by atomic mass is 9.60. The highest BCUT2D eigenvalue weighted by Crippen LogP contribution is 2.50. The average Bonchev–Trinajstić information content (AvgIpc) is 2.79. The maximum absolute atomic E-state index is 5.00. The van der Waals surface area contributed by atoms with Gasteiger partial charge in [-0.25, -0.2) is 0 Å². The topological polar surface area (TPSA) is 12.9 Å². The fourth-order valence-electron chi connectivity index (χ4n) is 6.17. The first-order valence-electron chi connectivity index (χ1n) is 11.5. The molecule has 0 radical (unpaired) electrons. The van der Waals surface area contributed by atoms with Gasteiger partial charge in [0.15, 0.2) is 0 Å². The lowest BCUT2D eigenvalue weighted by Gasteiger charge is -2.44. The van der Waals surface area contributed by atoms with E-state index in [0.29, 0.717) is 0 Å². The van der Waals surface area contributed by atoms with Crippen molar-refractivity contribution < 1.29 is 0 Å². The van der Waals surface area contributed by atoms with Gasteiger partial charge in [0, 0.05) is 28.0 Å². The second-order valence-corrected chi connectivity index (χ2v) is 10.4. The molecule has 154 valence electrons. The van der Waals surface area contributed by atoms with Gasteiger partial charge in [0.25, 0.3) is 0 Å². The zero-order valence-corrected chi connectivity index (χ0v) is 18.9. The summed E-state index contributed by atoms with van der Waals surface area (Å²) < 4.78 is 0. The Morgan fingerprint density at radius 1 is 0.677 bits per heavy atom. The summed E-state index contributed by atoms with van der Waals surface area (Å²) in [4.78, 5) is 5.00. The number of aromatic nitrogens is 1. The Morgan fingerprint density at radius 2 is 1.35 bits per heavy atom. The molecule has 1 nitrogen and oxygen atoms in total. The average molecular weight is 404 g/mol. The van der Waals surface area contributed by atoms with Crippen LogP contribution in [0.1, 0.15) is 67.5 Å². The number of nitrogens with zero attached hydrogens (tertiary/aromatic N) is 1. The Balaban J connectivity index is 1.60. The molecule has 0 aliphatic heterocycles. The monoisotopic (exact) mass is 403 g/mol. The minimum atomic E-state index is -0.0379. The molecule has 1 heteroatoms. The first-order chi connectivity index (χ1) is 14.9. The third-order valence-corrected chi connectivity index (χ3v) is 7.88. The van der Waals surface area contributed by atoms with Crippen molar-refractivity contribution in [3.05, 3.63) is 100 Å². The largest absolute Gasteiger partial charge is 0.255 e. The van der Waals surface area contributed by atoms with Crippen molar-refractivity contribution in [1.29, 1.82) is 0 Å². The van der Waals surface area contributed by atoms with E-state index < -0.39 is 0 Å². The molecule has 2 aliphatic rings. The number of pyridine rings is 1. The number of aryl methyl sites for hydroxylation is 2. The zero-order valence-electron chi connectivity index (χ0n) is 18.9. The molecule has 4 aromatic rings. The minimum absolute atomic E-state index is 0.00661. The highest BCUT2D eigenvalue weighted by molar-refractivity contribution is 5.99. The van der Waals surface area contributed by atoms with Gasteiger partial charge in [-0.15, -0.1) is 0 Å². The molecule has 0 unspecified atom stereocenters. The number of hydrogen-bond donors (Lipinski definition) is 0. The quantitative estimate of drug-likeness (QED) is 0.324. The summed E-state index contributed by atoms with van der Waals surface area (Å²) in [5, 5.41) is 2.75. The van der Waals surface area contributed by atoms with E-state index in [2.05, 4.69) is 94.6 Å². The zero-order chi connectivity index (χ0) is 21.4. The summed E-state index contributed by atoms with van der Waals surface area (Å²) in [7, 11) is 0. The molecule has 0 saturated carbocycles. The highest BCUT2D eigenvalue weighted by Gasteiger charge is 2.41. The van der Waals surface area contributed by atoms with Crippen LogP contribution < -0.4 is 0 Å². The van der Waals surface area contributed by atoms with Gasteiger partial charge in [-0.1, -0.05) is 82.3 Å². The molecule has 1 aromatic heterocycles. The maximum atomic E-state index is 5.00. The molecule has 0 saturated heterocycles. The first-order valence-corrected chi connectivity index (χ1v) is 11.5. The van der Waals surface area contributed by atoms with E-state index in [1.54, 1.807) is 0 Å². The van der Waals surface area contributed by atoms with Crippen molar-refractivity contribution in [2.45, 2.75) is 57.8 Å². The third-order valence-electron chi connectivity index (χ3n) is 7.88. The molecular formula is C30H29N. The van der Waals surface area contributed by atoms with Crippen LogP contribution in [0.3, 0.4) is 0 Å². The van der Waals surface area contributed by atoms with Crippen molar-refractivity contribution >= 4 is 10.8 Å². The van der Waals surface area contributed by atoms with Crippen molar-refractivity contribution in [3.63, 3.8) is 0 Å². The third kappa shape index (κ3) is 2.53. The van der Waals surface area contributed by atoms with Crippen LogP contribution in [-0.4, -0.2) is 4.98 Å². The lowest BCUT2D eigenvalue weighted by Crippen LogP contribution is -2.36. The predicted molar refractivity (Wildman–Crippen MR) is 130 cm³/mol. The van der Waals surface area contributed by atoms with Crippen molar-refractivity contribution in [3.8, 4) is 11.3 Å². The smallest absolute Gasteiger partial charge is 0.0780 e. The van der Waals surface area contributed by atoms with Crippen LogP contribution in [-0.2, 0) is 23.7 Å². The van der Waals surface area contributed by atoms with E-state index in [9.17, 15) is 0 Å². The Kier molecular flexibility index (Phi) is 3.82. The van der Waals surface area contributed by atoms with Crippen molar-refractivity contribution in [1.82, 2.24) is 4.98 Å². The molecule has 3 aromatic carbocycles. The lowest BCUT2D eigenvalue weighted by molar-refractivity contribution is 0.521. The standard InChI is InChI=1S/C30H29N/c1-29(2)23-13-5-6-14-24(23)30(3,4)26-17-20(15-16-25(26)29)28-22-12-8-10-19-9-7-11-21(18-31-28)27(19)22/h5-6,8,10,12-18H,7,9,11H2,1-4H3. The maximum Gasteiger partial charge on any atom is 0.0780 e. The van der Waals surface area contributed by atoms with Gasteiger partial charge < -0.3 is 0 Å². The van der Waals surface area contributed by atoms with Crippen LogP contribution >= 0.6 is 0 Å². The Morgan fingerprint density at radius 3 is 2.13 bits per heavy atom. The van der Waals surface area contributed by atoms with Crippen LogP contribution in [0.15, 0.2) is 66.9 Å². The number of hydrogen-bond acceptors (Lipinski definition) is 1. The van der Waals surface area contributed by atoms with Gasteiger partial charge >= 0.3 is 0 Å². The van der Waals surface area contributed by atoms with Gasteiger partial charge in [-0.05, 0) is 64.1 Å². The van der Waals surface area contributed by atoms with E-state index in [0.717, 1.165) is 12.1 Å². The molecule has 0 spiro atoms. The molecule has 0 bridgehead atoms. The Labute approximate surface area is 185 Å². The van der Waals surface area contributed by atoms with Crippen molar-refractivity contribution in [2.75, 3.05) is 0 Å². The molecule has 0 atom stereocenters. The van der Waals surface area contributed by atoms with Gasteiger partial charge in [0.1, 0.15) is 0 Å². The first kappa shape index (κ1) is 18.8. The molecule has 1 heterocycles. The van der Waals surface area contributed by atoms with E-state index in [-0.39, 0.29) is 10.8 Å².